The average molecular weight is 742 g/mol. The number of carbonyl (C=O) groups is 1. The van der Waals surface area contributed by atoms with E-state index in [0.717, 1.165) is 49.1 Å². The molecule has 54 heavy (non-hydrogen) atoms. The van der Waals surface area contributed by atoms with E-state index in [1.807, 2.05) is 33.8 Å². The smallest absolute Gasteiger partial charge is 0.251 e. The molecule has 298 valence electrons. The van der Waals surface area contributed by atoms with E-state index in [-0.39, 0.29) is 11.9 Å². The van der Waals surface area contributed by atoms with Gasteiger partial charge in [-0.25, -0.2) is 0 Å². The van der Waals surface area contributed by atoms with Gasteiger partial charge < -0.3 is 20.9 Å². The number of aromatic nitrogens is 4. The Labute approximate surface area is 327 Å². The first-order chi connectivity index (χ1) is 25.8. The summed E-state index contributed by atoms with van der Waals surface area (Å²) >= 11 is 0. The van der Waals surface area contributed by atoms with Crippen molar-refractivity contribution in [2.24, 2.45) is 11.8 Å². The number of nitrogens with zero attached hydrogens (tertiary/aromatic N) is 5. The lowest BCUT2D eigenvalue weighted by Crippen LogP contribution is -2.49. The second-order valence-corrected chi connectivity index (χ2v) is 15.2. The zero-order valence-corrected chi connectivity index (χ0v) is 35.6. The molecule has 1 saturated heterocycles. The lowest BCUT2D eigenvalue weighted by Gasteiger charge is -2.42. The number of fused-ring (bicyclic) bond motifs is 2. The van der Waals surface area contributed by atoms with Crippen LogP contribution >= 0.6 is 0 Å². The summed E-state index contributed by atoms with van der Waals surface area (Å²) in [4.78, 5) is 15.2. The van der Waals surface area contributed by atoms with Gasteiger partial charge in [0.15, 0.2) is 5.82 Å². The van der Waals surface area contributed by atoms with E-state index in [0.29, 0.717) is 48.8 Å². The van der Waals surface area contributed by atoms with Gasteiger partial charge in [-0.1, -0.05) is 84.0 Å². The molecule has 1 amide bonds. The Bertz CT molecular complexity index is 1610. The lowest BCUT2D eigenvalue weighted by molar-refractivity contribution is 0.0955. The minimum atomic E-state index is -0.689. The predicted octanol–water partition coefficient (Wildman–Crippen LogP) is 8.54. The second-order valence-electron chi connectivity index (χ2n) is 15.2. The van der Waals surface area contributed by atoms with Crippen LogP contribution in [0, 0.1) is 23.2 Å². The summed E-state index contributed by atoms with van der Waals surface area (Å²) in [6.07, 6.45) is 9.30. The number of amides is 1. The summed E-state index contributed by atoms with van der Waals surface area (Å²) in [6.45, 7) is 35.4. The highest BCUT2D eigenvalue weighted by atomic mass is 16.1. The third kappa shape index (κ3) is 10.9. The molecule has 5 rings (SSSR count). The number of likely N-dealkylation sites (tertiary alicyclic amines) is 1. The standard InChI is InChI=1S/C35H48N8O.C4H9N.C3H8.C2H6/c1-9-29-24(15-21(3)4)11-12-25-16-26(32(44)37-10-2)13-14-30(25)35(29,33-39-41-42-40-33)20-34(7,8)38-19-22(5)43-27(18-36)17-28-23(6)31(28)43;1-3-5-4-2;1-3-2;1-2/h13-16,23,27-28,31,38H,5,9-12,17,19-20H2,1-4,6-8H3,(H,37,44)(H,39,40,41,42);3,5H,1,4H2,2H3;3H2,1-2H3;1-2H3. The highest BCUT2D eigenvalue weighted by Gasteiger charge is 2.59. The first-order valence-electron chi connectivity index (χ1n) is 20.3. The first kappa shape index (κ1) is 45.9. The van der Waals surface area contributed by atoms with Gasteiger partial charge in [-0.05, 0) is 126 Å². The molecule has 2 heterocycles. The van der Waals surface area contributed by atoms with Crippen molar-refractivity contribution < 1.29 is 4.79 Å². The van der Waals surface area contributed by atoms with Crippen LogP contribution < -0.4 is 16.0 Å². The molecule has 1 saturated carbocycles. The summed E-state index contributed by atoms with van der Waals surface area (Å²) in [5, 5.41) is 35.6. The van der Waals surface area contributed by atoms with Gasteiger partial charge in [0, 0.05) is 42.5 Å². The van der Waals surface area contributed by atoms with Gasteiger partial charge in [0.25, 0.3) is 5.91 Å². The summed E-state index contributed by atoms with van der Waals surface area (Å²) in [7, 11) is 0. The molecule has 4 N–H and O–H groups in total. The van der Waals surface area contributed by atoms with Gasteiger partial charge in [-0.2, -0.15) is 10.5 Å². The summed E-state index contributed by atoms with van der Waals surface area (Å²) in [5.74, 6) is 1.78. The minimum Gasteiger partial charge on any atom is -0.392 e. The van der Waals surface area contributed by atoms with Crippen molar-refractivity contribution in [3.63, 3.8) is 0 Å². The molecule has 1 aromatic carbocycles. The molecule has 0 spiro atoms. The Kier molecular flexibility index (Phi) is 18.4. The molecule has 1 aliphatic heterocycles. The maximum absolute atomic E-state index is 12.9. The van der Waals surface area contributed by atoms with Crippen LogP contribution in [0.3, 0.4) is 0 Å². The number of piperidine rings is 1. The number of hydrogen-bond acceptors (Lipinski definition) is 8. The first-order valence-corrected chi connectivity index (χ1v) is 20.3. The van der Waals surface area contributed by atoms with Crippen molar-refractivity contribution in [2.45, 2.75) is 145 Å². The van der Waals surface area contributed by atoms with Crippen LogP contribution in [0.2, 0.25) is 0 Å². The number of rotatable bonds is 13. The van der Waals surface area contributed by atoms with Crippen molar-refractivity contribution in [1.82, 2.24) is 41.5 Å². The number of benzene rings is 1. The second kappa shape index (κ2) is 21.6. The summed E-state index contributed by atoms with van der Waals surface area (Å²) < 4.78 is 0. The highest BCUT2D eigenvalue weighted by Crippen LogP contribution is 2.54. The Morgan fingerprint density at radius 3 is 2.35 bits per heavy atom. The Balaban J connectivity index is 0.000000906. The zero-order chi connectivity index (χ0) is 40.6. The van der Waals surface area contributed by atoms with Gasteiger partial charge in [0.2, 0.25) is 0 Å². The molecule has 3 aliphatic rings. The van der Waals surface area contributed by atoms with Crippen molar-refractivity contribution in [3.8, 4) is 6.07 Å². The fraction of sp³-hybridized carbons (Fsp3) is 0.614. The molecule has 5 atom stereocenters. The van der Waals surface area contributed by atoms with Crippen LogP contribution in [0.15, 0.2) is 66.0 Å². The Morgan fingerprint density at radius 1 is 1.15 bits per heavy atom. The molecule has 5 unspecified atom stereocenters. The minimum absolute atomic E-state index is 0.0665. The van der Waals surface area contributed by atoms with Crippen molar-refractivity contribution >= 4 is 5.91 Å². The third-order valence-electron chi connectivity index (χ3n) is 10.3. The number of H-pyrrole nitrogens is 1. The van der Waals surface area contributed by atoms with E-state index < -0.39 is 11.0 Å². The molecule has 1 aromatic heterocycles. The van der Waals surface area contributed by atoms with Crippen molar-refractivity contribution in [3.05, 3.63) is 88.6 Å². The zero-order valence-electron chi connectivity index (χ0n) is 35.6. The number of allylic oxidation sites excluding steroid dienone is 4. The highest BCUT2D eigenvalue weighted by molar-refractivity contribution is 5.94. The van der Waals surface area contributed by atoms with Gasteiger partial charge in [0.1, 0.15) is 6.04 Å². The van der Waals surface area contributed by atoms with E-state index in [1.165, 1.54) is 23.1 Å². The van der Waals surface area contributed by atoms with E-state index in [9.17, 15) is 10.1 Å². The fourth-order valence-corrected chi connectivity index (χ4v) is 8.16. The number of hydrogen-bond donors (Lipinski definition) is 4. The maximum atomic E-state index is 12.9. The molecular formula is C44H71N9O. The normalized spacial score (nSPS) is 22.2. The lowest BCUT2D eigenvalue weighted by atomic mass is 9.64. The third-order valence-corrected chi connectivity index (χ3v) is 10.3. The van der Waals surface area contributed by atoms with E-state index in [2.05, 4.69) is 134 Å². The topological polar surface area (TPSA) is 135 Å². The fourth-order valence-electron chi connectivity index (χ4n) is 8.16. The van der Waals surface area contributed by atoms with E-state index >= 15 is 0 Å². The largest absolute Gasteiger partial charge is 0.392 e. The predicted molar refractivity (Wildman–Crippen MR) is 224 cm³/mol. The van der Waals surface area contributed by atoms with Gasteiger partial charge in [-0.3, -0.25) is 4.79 Å². The van der Waals surface area contributed by atoms with Crippen LogP contribution in [0.4, 0.5) is 0 Å². The molecule has 2 aliphatic carbocycles. The summed E-state index contributed by atoms with van der Waals surface area (Å²) in [6, 6.07) is 8.94. The van der Waals surface area contributed by atoms with Crippen LogP contribution in [0.1, 0.15) is 142 Å². The number of aryl methyl sites for hydroxylation is 1. The van der Waals surface area contributed by atoms with Crippen molar-refractivity contribution in [1.29, 1.82) is 5.26 Å². The molecule has 10 nitrogen and oxygen atoms in total. The summed E-state index contributed by atoms with van der Waals surface area (Å²) in [5.41, 5.74) is 6.60. The van der Waals surface area contributed by atoms with Crippen LogP contribution in [-0.4, -0.2) is 68.7 Å². The van der Waals surface area contributed by atoms with Crippen LogP contribution in [0.25, 0.3) is 0 Å². The van der Waals surface area contributed by atoms with Crippen LogP contribution in [-0.2, 0) is 11.8 Å². The number of tetrazole rings is 1. The maximum Gasteiger partial charge on any atom is 0.251 e. The molecular weight excluding hydrogens is 671 g/mol. The molecule has 2 fully saturated rings. The monoisotopic (exact) mass is 742 g/mol. The Hall–Kier alpha value is -4.23. The van der Waals surface area contributed by atoms with E-state index in [1.54, 1.807) is 6.20 Å². The van der Waals surface area contributed by atoms with Crippen LogP contribution in [0.5, 0.6) is 0 Å². The number of carbonyl (C=O) groups excluding carboxylic acids is 1. The van der Waals surface area contributed by atoms with E-state index in [4.69, 9.17) is 0 Å². The SMILES string of the molecule is C=C(CNC(C)(C)CC1(c2nn[nH]n2)C(CC)=C(C=C(C)C)CCc2cc(C(=O)NCC)ccc21)N1C(C#N)CC2C(C)C21.C=CNCC.CC.CCC. The molecule has 0 bridgehead atoms. The van der Waals surface area contributed by atoms with Crippen molar-refractivity contribution in [2.75, 3.05) is 19.6 Å². The van der Waals surface area contributed by atoms with Gasteiger partial charge in [-0.15, -0.1) is 10.2 Å². The molecule has 0 radical (unpaired) electrons. The quantitative estimate of drug-likeness (QED) is 0.161. The number of nitrogens with one attached hydrogen (secondary N) is 4. The average Bonchev–Trinajstić information content (AvgIpc) is 3.49. The molecule has 10 heteroatoms. The number of nitriles is 1. The van der Waals surface area contributed by atoms with Gasteiger partial charge in [0.05, 0.1) is 11.5 Å². The Morgan fingerprint density at radius 2 is 1.83 bits per heavy atom. The van der Waals surface area contributed by atoms with Gasteiger partial charge >= 0.3 is 0 Å². The molecule has 2 aromatic rings. The number of aromatic amines is 1.